The minimum atomic E-state index is -0.654. The van der Waals surface area contributed by atoms with Crippen molar-refractivity contribution in [1.29, 1.82) is 0 Å². The predicted octanol–water partition coefficient (Wildman–Crippen LogP) is 2.67. The van der Waals surface area contributed by atoms with Crippen LogP contribution >= 0.6 is 15.9 Å². The van der Waals surface area contributed by atoms with E-state index in [2.05, 4.69) is 15.9 Å². The summed E-state index contributed by atoms with van der Waals surface area (Å²) >= 11 is 3.36. The molecule has 5 nitrogen and oxygen atoms in total. The van der Waals surface area contributed by atoms with E-state index >= 15 is 0 Å². The summed E-state index contributed by atoms with van der Waals surface area (Å²) < 4.78 is 11.3. The average Bonchev–Trinajstić information content (AvgIpc) is 2.47. The molecule has 6 heteroatoms. The molecular formula is C16H14BrNO4. The third-order valence-corrected chi connectivity index (χ3v) is 3.25. The molecule has 22 heavy (non-hydrogen) atoms. The van der Waals surface area contributed by atoms with Crippen molar-refractivity contribution in [2.24, 2.45) is 5.73 Å². The fourth-order valence-electron chi connectivity index (χ4n) is 1.79. The Morgan fingerprint density at radius 1 is 1.09 bits per heavy atom. The Hall–Kier alpha value is -2.18. The van der Waals surface area contributed by atoms with Crippen molar-refractivity contribution in [2.45, 2.75) is 6.61 Å². The topological polar surface area (TPSA) is 78.6 Å². The summed E-state index contributed by atoms with van der Waals surface area (Å²) in [6.07, 6.45) is 0. The van der Waals surface area contributed by atoms with Crippen molar-refractivity contribution < 1.29 is 19.1 Å². The molecule has 0 aliphatic heterocycles. The standard InChI is InChI=1S/C16H14BrNO4/c17-12-5-3-4-11(8-12)9-21-10-15(19)22-14-7-2-1-6-13(14)16(18)20/h1-8H,9-10H2,(H2,18,20). The zero-order valence-corrected chi connectivity index (χ0v) is 13.2. The summed E-state index contributed by atoms with van der Waals surface area (Å²) in [4.78, 5) is 23.0. The fraction of sp³-hybridized carbons (Fsp3) is 0.125. The number of ether oxygens (including phenoxy) is 2. The van der Waals surface area contributed by atoms with Gasteiger partial charge in [0.1, 0.15) is 12.4 Å². The minimum Gasteiger partial charge on any atom is -0.424 e. The second-order valence-corrected chi connectivity index (χ2v) is 5.37. The van der Waals surface area contributed by atoms with Crippen molar-refractivity contribution in [3.05, 3.63) is 64.1 Å². The van der Waals surface area contributed by atoms with Crippen LogP contribution in [0.4, 0.5) is 0 Å². The lowest BCUT2D eigenvalue weighted by Gasteiger charge is -2.08. The van der Waals surface area contributed by atoms with Crippen molar-refractivity contribution in [1.82, 2.24) is 0 Å². The van der Waals surface area contributed by atoms with E-state index < -0.39 is 11.9 Å². The number of amides is 1. The van der Waals surface area contributed by atoms with E-state index in [-0.39, 0.29) is 24.5 Å². The van der Waals surface area contributed by atoms with Gasteiger partial charge in [-0.1, -0.05) is 40.2 Å². The highest BCUT2D eigenvalue weighted by molar-refractivity contribution is 9.10. The number of hydrogen-bond donors (Lipinski definition) is 1. The first-order valence-electron chi connectivity index (χ1n) is 6.48. The Balaban J connectivity index is 1.87. The molecule has 0 saturated heterocycles. The fourth-order valence-corrected chi connectivity index (χ4v) is 2.24. The first kappa shape index (κ1) is 16.2. The molecule has 2 N–H and O–H groups in total. The number of carbonyl (C=O) groups is 2. The van der Waals surface area contributed by atoms with Gasteiger partial charge < -0.3 is 15.2 Å². The van der Waals surface area contributed by atoms with Gasteiger partial charge in [-0.25, -0.2) is 4.79 Å². The molecule has 0 aliphatic carbocycles. The van der Waals surface area contributed by atoms with Gasteiger partial charge in [-0.2, -0.15) is 0 Å². The summed E-state index contributed by atoms with van der Waals surface area (Å²) in [6, 6.07) is 13.9. The minimum absolute atomic E-state index is 0.131. The predicted molar refractivity (Wildman–Crippen MR) is 84.4 cm³/mol. The van der Waals surface area contributed by atoms with Gasteiger partial charge in [0.25, 0.3) is 5.91 Å². The van der Waals surface area contributed by atoms with Gasteiger partial charge in [0.2, 0.25) is 0 Å². The molecule has 2 rings (SSSR count). The highest BCUT2D eigenvalue weighted by Crippen LogP contribution is 2.17. The highest BCUT2D eigenvalue weighted by atomic mass is 79.9. The van der Waals surface area contributed by atoms with E-state index in [0.29, 0.717) is 0 Å². The maximum Gasteiger partial charge on any atom is 0.337 e. The molecule has 0 saturated carbocycles. The molecular weight excluding hydrogens is 350 g/mol. The normalized spacial score (nSPS) is 10.2. The summed E-state index contributed by atoms with van der Waals surface area (Å²) in [5.41, 5.74) is 6.30. The maximum atomic E-state index is 11.7. The molecule has 0 unspecified atom stereocenters. The Morgan fingerprint density at radius 3 is 2.59 bits per heavy atom. The molecule has 0 radical (unpaired) electrons. The van der Waals surface area contributed by atoms with Crippen LogP contribution in [0.3, 0.4) is 0 Å². The number of benzene rings is 2. The van der Waals surface area contributed by atoms with Crippen LogP contribution in [0.1, 0.15) is 15.9 Å². The number of esters is 1. The molecule has 0 aromatic heterocycles. The van der Waals surface area contributed by atoms with Crippen LogP contribution in [0.15, 0.2) is 53.0 Å². The largest absolute Gasteiger partial charge is 0.424 e. The first-order chi connectivity index (χ1) is 10.6. The van der Waals surface area contributed by atoms with E-state index in [1.54, 1.807) is 12.1 Å². The summed E-state index contributed by atoms with van der Waals surface area (Å²) in [6.45, 7) is 0.0611. The van der Waals surface area contributed by atoms with E-state index in [0.717, 1.165) is 10.0 Å². The van der Waals surface area contributed by atoms with Crippen molar-refractivity contribution in [2.75, 3.05) is 6.61 Å². The molecule has 0 spiro atoms. The van der Waals surface area contributed by atoms with Crippen molar-refractivity contribution in [3.8, 4) is 5.75 Å². The number of carbonyl (C=O) groups excluding carboxylic acids is 2. The molecule has 1 amide bonds. The van der Waals surface area contributed by atoms with Crippen LogP contribution in [-0.2, 0) is 16.1 Å². The van der Waals surface area contributed by atoms with Gasteiger partial charge in [-0.05, 0) is 29.8 Å². The van der Waals surface area contributed by atoms with Crippen molar-refractivity contribution >= 4 is 27.8 Å². The van der Waals surface area contributed by atoms with E-state index in [1.165, 1.54) is 12.1 Å². The quantitative estimate of drug-likeness (QED) is 0.632. The van der Waals surface area contributed by atoms with E-state index in [4.69, 9.17) is 15.2 Å². The average molecular weight is 364 g/mol. The first-order valence-corrected chi connectivity index (χ1v) is 7.27. The lowest BCUT2D eigenvalue weighted by atomic mass is 10.2. The van der Waals surface area contributed by atoms with Crippen LogP contribution in [0.25, 0.3) is 0 Å². The zero-order chi connectivity index (χ0) is 15.9. The van der Waals surface area contributed by atoms with Gasteiger partial charge in [-0.15, -0.1) is 0 Å². The third-order valence-electron chi connectivity index (χ3n) is 2.75. The SMILES string of the molecule is NC(=O)c1ccccc1OC(=O)COCc1cccc(Br)c1. The molecule has 0 atom stereocenters. The van der Waals surface area contributed by atoms with Gasteiger partial charge in [0.05, 0.1) is 12.2 Å². The summed E-state index contributed by atoms with van der Waals surface area (Å²) in [5, 5.41) is 0. The number of para-hydroxylation sites is 1. The molecule has 2 aromatic rings. The zero-order valence-electron chi connectivity index (χ0n) is 11.6. The molecule has 0 bridgehead atoms. The van der Waals surface area contributed by atoms with E-state index in [9.17, 15) is 9.59 Å². The Kier molecular flexibility index (Phi) is 5.68. The Morgan fingerprint density at radius 2 is 1.86 bits per heavy atom. The lowest BCUT2D eigenvalue weighted by Crippen LogP contribution is -2.19. The molecule has 0 fully saturated rings. The van der Waals surface area contributed by atoms with Gasteiger partial charge >= 0.3 is 5.97 Å². The molecule has 0 aliphatic rings. The van der Waals surface area contributed by atoms with Gasteiger partial charge in [0.15, 0.2) is 0 Å². The highest BCUT2D eigenvalue weighted by Gasteiger charge is 2.12. The second kappa shape index (κ2) is 7.72. The van der Waals surface area contributed by atoms with Crippen LogP contribution in [0.2, 0.25) is 0 Å². The van der Waals surface area contributed by atoms with Gasteiger partial charge in [0, 0.05) is 4.47 Å². The summed E-state index contributed by atoms with van der Waals surface area (Å²) in [7, 11) is 0. The number of rotatable bonds is 6. The van der Waals surface area contributed by atoms with Crippen molar-refractivity contribution in [3.63, 3.8) is 0 Å². The summed E-state index contributed by atoms with van der Waals surface area (Å²) in [5.74, 6) is -1.12. The van der Waals surface area contributed by atoms with Crippen LogP contribution < -0.4 is 10.5 Å². The molecule has 114 valence electrons. The Bertz CT molecular complexity index is 687. The van der Waals surface area contributed by atoms with Crippen LogP contribution in [0, 0.1) is 0 Å². The second-order valence-electron chi connectivity index (χ2n) is 4.46. The number of primary amides is 1. The number of nitrogens with two attached hydrogens (primary N) is 1. The van der Waals surface area contributed by atoms with Gasteiger partial charge in [-0.3, -0.25) is 4.79 Å². The molecule has 2 aromatic carbocycles. The number of hydrogen-bond acceptors (Lipinski definition) is 4. The third kappa shape index (κ3) is 4.68. The van der Waals surface area contributed by atoms with E-state index in [1.807, 2.05) is 24.3 Å². The smallest absolute Gasteiger partial charge is 0.337 e. The number of halogens is 1. The lowest BCUT2D eigenvalue weighted by molar-refractivity contribution is -0.139. The molecule has 0 heterocycles. The Labute approximate surface area is 136 Å². The monoisotopic (exact) mass is 363 g/mol. The van der Waals surface area contributed by atoms with Crippen LogP contribution in [0.5, 0.6) is 5.75 Å². The van der Waals surface area contributed by atoms with Crippen LogP contribution in [-0.4, -0.2) is 18.5 Å². The maximum absolute atomic E-state index is 11.7.